The number of nitrogens with zero attached hydrogens (tertiary/aromatic N) is 2. The molecule has 0 spiro atoms. The maximum atomic E-state index is 10.7. The molecule has 2 N–H and O–H groups in total. The molecular weight excluding hydrogens is 306 g/mol. The average Bonchev–Trinajstić information content (AvgIpc) is 2.61. The van der Waals surface area contributed by atoms with Crippen LogP contribution in [0.1, 0.15) is 44.1 Å². The van der Waals surface area contributed by atoms with E-state index in [9.17, 15) is 15.2 Å². The van der Waals surface area contributed by atoms with Crippen LogP contribution in [-0.2, 0) is 6.54 Å². The van der Waals surface area contributed by atoms with E-state index in [4.69, 9.17) is 0 Å². The number of aliphatic hydroxyl groups is 1. The van der Waals surface area contributed by atoms with Gasteiger partial charge in [0, 0.05) is 43.9 Å². The molecule has 1 aliphatic heterocycles. The van der Waals surface area contributed by atoms with Crippen LogP contribution in [0.2, 0.25) is 0 Å². The molecule has 1 aliphatic carbocycles. The van der Waals surface area contributed by atoms with E-state index in [2.05, 4.69) is 10.2 Å². The van der Waals surface area contributed by atoms with E-state index < -0.39 is 0 Å². The minimum atomic E-state index is -0.368. The molecule has 1 aromatic rings. The topological polar surface area (TPSA) is 78.6 Å². The molecular formula is C18H27N3O3. The van der Waals surface area contributed by atoms with Crippen molar-refractivity contribution in [2.24, 2.45) is 0 Å². The number of benzene rings is 1. The summed E-state index contributed by atoms with van der Waals surface area (Å²) in [5.41, 5.74) is 1.21. The van der Waals surface area contributed by atoms with E-state index >= 15 is 0 Å². The molecule has 6 nitrogen and oxygen atoms in total. The van der Waals surface area contributed by atoms with Gasteiger partial charge in [0.25, 0.3) is 5.69 Å². The molecule has 1 saturated carbocycles. The highest BCUT2D eigenvalue weighted by Crippen LogP contribution is 2.26. The molecule has 2 atom stereocenters. The summed E-state index contributed by atoms with van der Waals surface area (Å²) in [6.07, 6.45) is 6.51. The Bertz CT molecular complexity index is 541. The van der Waals surface area contributed by atoms with Crippen LogP contribution in [0.25, 0.3) is 0 Å². The van der Waals surface area contributed by atoms with Crippen molar-refractivity contribution in [1.29, 1.82) is 0 Å². The molecule has 6 heteroatoms. The van der Waals surface area contributed by atoms with Crippen LogP contribution in [0.15, 0.2) is 24.3 Å². The lowest BCUT2D eigenvalue weighted by atomic mass is 9.89. The molecule has 0 radical (unpaired) electrons. The van der Waals surface area contributed by atoms with Gasteiger partial charge in [-0.25, -0.2) is 0 Å². The average molecular weight is 333 g/mol. The number of nitrogens with one attached hydrogen (secondary N) is 1. The molecule has 0 aromatic heterocycles. The molecule has 132 valence electrons. The van der Waals surface area contributed by atoms with Gasteiger partial charge in [-0.3, -0.25) is 15.0 Å². The molecule has 2 fully saturated rings. The van der Waals surface area contributed by atoms with Crippen molar-refractivity contribution in [3.8, 4) is 0 Å². The van der Waals surface area contributed by atoms with Crippen molar-refractivity contribution in [3.05, 3.63) is 39.9 Å². The predicted molar refractivity (Wildman–Crippen MR) is 92.8 cm³/mol. The van der Waals surface area contributed by atoms with Gasteiger partial charge in [-0.15, -0.1) is 0 Å². The SMILES string of the molecule is O=[N+]([O-])c1ccc(CNC2CCN(C3CCCCC3O)CC2)cc1. The number of hydrogen-bond acceptors (Lipinski definition) is 5. The number of aliphatic hydroxyl groups excluding tert-OH is 1. The Kier molecular flexibility index (Phi) is 5.81. The molecule has 0 amide bonds. The van der Waals surface area contributed by atoms with Crippen molar-refractivity contribution in [1.82, 2.24) is 10.2 Å². The zero-order chi connectivity index (χ0) is 16.9. The van der Waals surface area contributed by atoms with Crippen molar-refractivity contribution in [2.45, 2.75) is 63.3 Å². The first-order valence-electron chi connectivity index (χ1n) is 9.02. The number of likely N-dealkylation sites (tertiary alicyclic amines) is 1. The lowest BCUT2D eigenvalue weighted by Crippen LogP contribution is -2.51. The van der Waals surface area contributed by atoms with Gasteiger partial charge in [-0.1, -0.05) is 25.0 Å². The van der Waals surface area contributed by atoms with Gasteiger partial charge in [-0.2, -0.15) is 0 Å². The fourth-order valence-corrected chi connectivity index (χ4v) is 3.95. The maximum Gasteiger partial charge on any atom is 0.269 e. The van der Waals surface area contributed by atoms with Gasteiger partial charge in [0.1, 0.15) is 0 Å². The zero-order valence-electron chi connectivity index (χ0n) is 14.1. The highest BCUT2D eigenvalue weighted by atomic mass is 16.6. The number of hydrogen-bond donors (Lipinski definition) is 2. The summed E-state index contributed by atoms with van der Waals surface area (Å²) in [4.78, 5) is 12.8. The third-order valence-electron chi connectivity index (χ3n) is 5.43. The van der Waals surface area contributed by atoms with Gasteiger partial charge >= 0.3 is 0 Å². The van der Waals surface area contributed by atoms with E-state index in [0.717, 1.165) is 57.3 Å². The van der Waals surface area contributed by atoms with Gasteiger partial charge in [0.05, 0.1) is 11.0 Å². The van der Waals surface area contributed by atoms with Crippen molar-refractivity contribution in [2.75, 3.05) is 13.1 Å². The fraction of sp³-hybridized carbons (Fsp3) is 0.667. The van der Waals surface area contributed by atoms with E-state index in [1.807, 2.05) is 12.1 Å². The van der Waals surface area contributed by atoms with Crippen LogP contribution in [0.4, 0.5) is 5.69 Å². The number of non-ortho nitro benzene ring substituents is 1. The third kappa shape index (κ3) is 4.32. The Morgan fingerprint density at radius 2 is 1.79 bits per heavy atom. The lowest BCUT2D eigenvalue weighted by Gasteiger charge is -2.41. The summed E-state index contributed by atoms with van der Waals surface area (Å²) in [6.45, 7) is 2.83. The monoisotopic (exact) mass is 333 g/mol. The second-order valence-electron chi connectivity index (χ2n) is 7.03. The molecule has 2 aliphatic rings. The lowest BCUT2D eigenvalue weighted by molar-refractivity contribution is -0.384. The molecule has 1 aromatic carbocycles. The third-order valence-corrected chi connectivity index (χ3v) is 5.43. The highest BCUT2D eigenvalue weighted by molar-refractivity contribution is 5.32. The molecule has 0 bridgehead atoms. The molecule has 3 rings (SSSR count). The van der Waals surface area contributed by atoms with Crippen LogP contribution in [0.5, 0.6) is 0 Å². The van der Waals surface area contributed by atoms with Gasteiger partial charge in [0.15, 0.2) is 0 Å². The van der Waals surface area contributed by atoms with Gasteiger partial charge < -0.3 is 10.4 Å². The fourth-order valence-electron chi connectivity index (χ4n) is 3.95. The highest BCUT2D eigenvalue weighted by Gasteiger charge is 2.31. The Hall–Kier alpha value is -1.50. The Balaban J connectivity index is 1.43. The summed E-state index contributed by atoms with van der Waals surface area (Å²) >= 11 is 0. The standard InChI is InChI=1S/C18H27N3O3/c22-18-4-2-1-3-17(18)20-11-9-15(10-12-20)19-13-14-5-7-16(8-6-14)21(23)24/h5-8,15,17-19,22H,1-4,9-13H2. The minimum absolute atomic E-state index is 0.137. The maximum absolute atomic E-state index is 10.7. The first kappa shape index (κ1) is 17.3. The van der Waals surface area contributed by atoms with Crippen LogP contribution in [0, 0.1) is 10.1 Å². The number of piperidine rings is 1. The largest absolute Gasteiger partial charge is 0.391 e. The number of rotatable bonds is 5. The first-order valence-corrected chi connectivity index (χ1v) is 9.02. The van der Waals surface area contributed by atoms with Crippen LogP contribution < -0.4 is 5.32 Å². The van der Waals surface area contributed by atoms with E-state index in [0.29, 0.717) is 12.1 Å². The van der Waals surface area contributed by atoms with Crippen molar-refractivity contribution >= 4 is 5.69 Å². The van der Waals surface area contributed by atoms with E-state index in [1.165, 1.54) is 6.42 Å². The predicted octanol–water partition coefficient (Wildman–Crippen LogP) is 2.45. The Morgan fingerprint density at radius 1 is 1.12 bits per heavy atom. The Labute approximate surface area is 143 Å². The minimum Gasteiger partial charge on any atom is -0.391 e. The van der Waals surface area contributed by atoms with E-state index in [-0.39, 0.29) is 16.7 Å². The van der Waals surface area contributed by atoms with Crippen molar-refractivity contribution < 1.29 is 10.0 Å². The Morgan fingerprint density at radius 3 is 2.42 bits per heavy atom. The molecule has 24 heavy (non-hydrogen) atoms. The van der Waals surface area contributed by atoms with Crippen LogP contribution in [-0.4, -0.2) is 46.2 Å². The summed E-state index contributed by atoms with van der Waals surface area (Å²) < 4.78 is 0. The normalized spacial score (nSPS) is 26.4. The number of nitro groups is 1. The molecule has 2 unspecified atom stereocenters. The van der Waals surface area contributed by atoms with Crippen LogP contribution in [0.3, 0.4) is 0 Å². The quantitative estimate of drug-likeness (QED) is 0.639. The molecule has 1 heterocycles. The number of nitro benzene ring substituents is 1. The molecule has 1 saturated heterocycles. The van der Waals surface area contributed by atoms with Crippen molar-refractivity contribution in [3.63, 3.8) is 0 Å². The summed E-state index contributed by atoms with van der Waals surface area (Å²) in [5.74, 6) is 0. The van der Waals surface area contributed by atoms with Gasteiger partial charge in [-0.05, 0) is 31.2 Å². The summed E-state index contributed by atoms with van der Waals surface area (Å²) in [5, 5.41) is 24.4. The summed E-state index contributed by atoms with van der Waals surface area (Å²) in [6, 6.07) is 7.59. The second-order valence-corrected chi connectivity index (χ2v) is 7.03. The summed E-state index contributed by atoms with van der Waals surface area (Å²) in [7, 11) is 0. The smallest absolute Gasteiger partial charge is 0.269 e. The second kappa shape index (κ2) is 8.05. The van der Waals surface area contributed by atoms with E-state index in [1.54, 1.807) is 12.1 Å². The van der Waals surface area contributed by atoms with Gasteiger partial charge in [0.2, 0.25) is 0 Å². The zero-order valence-corrected chi connectivity index (χ0v) is 14.1. The first-order chi connectivity index (χ1) is 11.6. The van der Waals surface area contributed by atoms with Crippen LogP contribution >= 0.6 is 0 Å².